The fourth-order valence-corrected chi connectivity index (χ4v) is 7.47. The first-order valence-corrected chi connectivity index (χ1v) is 17.6. The van der Waals surface area contributed by atoms with Gasteiger partial charge in [0.05, 0.1) is 22.8 Å². The van der Waals surface area contributed by atoms with E-state index in [0.717, 1.165) is 72.3 Å². The number of aliphatic imine (C=N–C) groups is 1. The summed E-state index contributed by atoms with van der Waals surface area (Å²) in [6.45, 7) is 16.2. The van der Waals surface area contributed by atoms with Gasteiger partial charge in [0.2, 0.25) is 0 Å². The van der Waals surface area contributed by atoms with E-state index in [9.17, 15) is 4.79 Å². The molecule has 0 spiro atoms. The lowest BCUT2D eigenvalue weighted by molar-refractivity contribution is 0.775. The first-order valence-electron chi connectivity index (χ1n) is 15.4. The van der Waals surface area contributed by atoms with Crippen molar-refractivity contribution in [3.05, 3.63) is 101 Å². The van der Waals surface area contributed by atoms with Gasteiger partial charge in [-0.1, -0.05) is 79.8 Å². The van der Waals surface area contributed by atoms with Crippen LogP contribution in [0.4, 0.5) is 0 Å². The number of aryl methyl sites for hydroxylation is 3. The van der Waals surface area contributed by atoms with Crippen molar-refractivity contribution in [1.82, 2.24) is 14.3 Å². The Hall–Kier alpha value is -3.16. The van der Waals surface area contributed by atoms with Crippen LogP contribution in [0.25, 0.3) is 17.0 Å². The molecule has 228 valence electrons. The van der Waals surface area contributed by atoms with Gasteiger partial charge >= 0.3 is 0 Å². The third-order valence-electron chi connectivity index (χ3n) is 8.04. The summed E-state index contributed by atoms with van der Waals surface area (Å²) in [6.07, 6.45) is 9.33. The molecule has 0 bridgehead atoms. The second-order valence-electron chi connectivity index (χ2n) is 11.1. The topological polar surface area (TPSA) is 59.3 Å². The molecule has 3 heterocycles. The maximum atomic E-state index is 13.2. The lowest BCUT2D eigenvalue weighted by Crippen LogP contribution is -2.21. The minimum absolute atomic E-state index is 0.0176. The Labute approximate surface area is 264 Å². The molecule has 0 radical (unpaired) electrons. The van der Waals surface area contributed by atoms with E-state index in [1.165, 1.54) is 31.4 Å². The molecule has 0 saturated carbocycles. The molecule has 1 aromatic carbocycles. The van der Waals surface area contributed by atoms with Gasteiger partial charge < -0.3 is 9.29 Å². The number of nitrogens with one attached hydrogen (secondary N) is 1. The zero-order valence-corrected chi connectivity index (χ0v) is 28.5. The molecule has 3 aromatic rings. The van der Waals surface area contributed by atoms with E-state index in [4.69, 9.17) is 9.98 Å². The Morgan fingerprint density at radius 3 is 2.58 bits per heavy atom. The number of hydrogen-bond acceptors (Lipinski definition) is 5. The Bertz CT molecular complexity index is 1710. The molecule has 1 atom stereocenters. The van der Waals surface area contributed by atoms with Crippen molar-refractivity contribution in [2.75, 3.05) is 6.54 Å². The van der Waals surface area contributed by atoms with E-state index in [1.807, 2.05) is 10.6 Å². The summed E-state index contributed by atoms with van der Waals surface area (Å²) < 4.78 is 6.70. The number of allylic oxidation sites excluding steroid dienone is 2. The van der Waals surface area contributed by atoms with E-state index in [-0.39, 0.29) is 5.56 Å². The van der Waals surface area contributed by atoms with Crippen molar-refractivity contribution in [2.24, 2.45) is 4.99 Å². The van der Waals surface area contributed by atoms with Crippen LogP contribution in [-0.2, 0) is 25.8 Å². The molecular weight excluding hydrogens is 569 g/mol. The summed E-state index contributed by atoms with van der Waals surface area (Å²) >= 11 is 1.77. The smallest absolute Gasteiger partial charge is 0.251 e. The molecule has 1 N–H and O–H groups in total. The van der Waals surface area contributed by atoms with Crippen LogP contribution in [0.3, 0.4) is 0 Å². The number of pyridine rings is 2. The molecular formula is C36H46N4OS2. The van der Waals surface area contributed by atoms with Crippen LogP contribution in [0.15, 0.2) is 72.5 Å². The van der Waals surface area contributed by atoms with Crippen molar-refractivity contribution in [3.8, 4) is 0 Å². The van der Waals surface area contributed by atoms with Crippen LogP contribution < -0.4 is 10.3 Å². The molecule has 1 aliphatic heterocycles. The van der Waals surface area contributed by atoms with Gasteiger partial charge in [-0.05, 0) is 104 Å². The van der Waals surface area contributed by atoms with Gasteiger partial charge in [-0.2, -0.15) is 0 Å². The van der Waals surface area contributed by atoms with Crippen molar-refractivity contribution in [3.63, 3.8) is 0 Å². The highest BCUT2D eigenvalue weighted by atomic mass is 32.2. The number of fused-ring (bicyclic) bond motifs is 1. The number of benzene rings is 1. The molecule has 0 saturated heterocycles. The normalized spacial score (nSPS) is 14.9. The number of amidine groups is 1. The second-order valence-corrected chi connectivity index (χ2v) is 14.1. The number of unbranched alkanes of at least 4 members (excludes halogenated alkanes) is 1. The minimum Gasteiger partial charge on any atom is -0.316 e. The van der Waals surface area contributed by atoms with Crippen molar-refractivity contribution in [1.29, 1.82) is 0 Å². The molecule has 7 heteroatoms. The number of nitrogens with zero attached hydrogens (tertiary/aromatic N) is 3. The van der Waals surface area contributed by atoms with E-state index < -0.39 is 10.7 Å². The fourth-order valence-electron chi connectivity index (χ4n) is 5.10. The highest BCUT2D eigenvalue weighted by Crippen LogP contribution is 2.39. The van der Waals surface area contributed by atoms with Crippen LogP contribution in [0.1, 0.15) is 89.4 Å². The zero-order valence-electron chi connectivity index (χ0n) is 26.8. The van der Waals surface area contributed by atoms with Gasteiger partial charge in [0.1, 0.15) is 5.84 Å². The summed E-state index contributed by atoms with van der Waals surface area (Å²) in [5, 5.41) is 1.06. The van der Waals surface area contributed by atoms with Crippen molar-refractivity contribution < 1.29 is 0 Å². The van der Waals surface area contributed by atoms with Crippen molar-refractivity contribution in [2.45, 2.75) is 87.1 Å². The number of thioether (sulfide) groups is 1. The average molecular weight is 615 g/mol. The van der Waals surface area contributed by atoms with Crippen LogP contribution in [-0.4, -0.2) is 27.8 Å². The SMILES string of the molecule is C=S(NC1=NCC(C)=C1C)/C(=C\c1ccc(Cn2c(=O)ccc3c(CC)nc(CC)cc32)cc1CCCC)S/C(C)=C\C. The largest absolute Gasteiger partial charge is 0.316 e. The Kier molecular flexibility index (Phi) is 11.4. The standard InChI is InChI=1S/C36H46N4OS2/c1-9-13-14-28-19-27(23-40-33-21-30(11-3)38-32(12-4)31(33)17-18-34(40)41)15-16-29(28)20-35(42-25(6)10-2)43(8)39-36-26(7)24(5)22-37-36/h10,15-21H,8-9,11-14,22-23H2,1-7H3,(H,37,39)/b25-10-,35-20-. The first-order chi connectivity index (χ1) is 20.7. The highest BCUT2D eigenvalue weighted by Gasteiger charge is 2.16. The lowest BCUT2D eigenvalue weighted by atomic mass is 9.99. The summed E-state index contributed by atoms with van der Waals surface area (Å²) in [7, 11) is -0.465. The van der Waals surface area contributed by atoms with Gasteiger partial charge in [0.25, 0.3) is 5.56 Å². The molecule has 1 unspecified atom stereocenters. The third-order valence-corrected chi connectivity index (χ3v) is 10.8. The van der Waals surface area contributed by atoms with E-state index >= 15 is 0 Å². The molecule has 43 heavy (non-hydrogen) atoms. The molecule has 0 amide bonds. The zero-order chi connectivity index (χ0) is 31.1. The lowest BCUT2D eigenvalue weighted by Gasteiger charge is -2.17. The third kappa shape index (κ3) is 7.87. The van der Waals surface area contributed by atoms with Gasteiger partial charge in [0, 0.05) is 22.8 Å². The number of rotatable bonds is 12. The Balaban J connectivity index is 1.75. The molecule has 1 aliphatic rings. The van der Waals surface area contributed by atoms with Gasteiger partial charge in [-0.25, -0.2) is 0 Å². The van der Waals surface area contributed by atoms with Gasteiger partial charge in [0.15, 0.2) is 0 Å². The Morgan fingerprint density at radius 2 is 1.93 bits per heavy atom. The highest BCUT2D eigenvalue weighted by molar-refractivity contribution is 8.30. The van der Waals surface area contributed by atoms with Gasteiger partial charge in [-0.15, -0.1) is 0 Å². The molecule has 4 rings (SSSR count). The summed E-state index contributed by atoms with van der Waals surface area (Å²) in [6, 6.07) is 12.4. The Morgan fingerprint density at radius 1 is 1.14 bits per heavy atom. The summed E-state index contributed by atoms with van der Waals surface area (Å²) in [5.41, 5.74) is 9.23. The molecule has 0 aliphatic carbocycles. The van der Waals surface area contributed by atoms with Crippen molar-refractivity contribution >= 4 is 51.1 Å². The molecule has 0 fully saturated rings. The van der Waals surface area contributed by atoms with Crippen LogP contribution in [0.5, 0.6) is 0 Å². The van der Waals surface area contributed by atoms with E-state index in [0.29, 0.717) is 6.54 Å². The summed E-state index contributed by atoms with van der Waals surface area (Å²) in [4.78, 5) is 24.0. The first kappa shape index (κ1) is 32.7. The minimum atomic E-state index is -0.465. The van der Waals surface area contributed by atoms with Gasteiger partial charge in [-0.3, -0.25) is 14.8 Å². The fraction of sp³-hybridized carbons (Fsp3) is 0.389. The predicted molar refractivity (Wildman–Crippen MR) is 192 cm³/mol. The average Bonchev–Trinajstić information content (AvgIpc) is 3.33. The number of hydrogen-bond donors (Lipinski definition) is 1. The quantitative estimate of drug-likeness (QED) is 0.207. The monoisotopic (exact) mass is 614 g/mol. The van der Waals surface area contributed by atoms with Crippen LogP contribution in [0.2, 0.25) is 0 Å². The molecule has 5 nitrogen and oxygen atoms in total. The summed E-state index contributed by atoms with van der Waals surface area (Å²) in [5.74, 6) is 5.48. The van der Waals surface area contributed by atoms with E-state index in [2.05, 4.69) is 95.5 Å². The van der Waals surface area contributed by atoms with Crippen LogP contribution in [0, 0.1) is 0 Å². The maximum Gasteiger partial charge on any atom is 0.251 e. The maximum absolute atomic E-state index is 13.2. The number of aromatic nitrogens is 2. The predicted octanol–water partition coefficient (Wildman–Crippen LogP) is 8.82. The molecule has 2 aromatic heterocycles. The van der Waals surface area contributed by atoms with E-state index in [1.54, 1.807) is 17.8 Å². The van der Waals surface area contributed by atoms with Crippen LogP contribution >= 0.6 is 22.4 Å². The second kappa shape index (κ2) is 15.0.